The van der Waals surface area contributed by atoms with Crippen molar-refractivity contribution in [2.24, 2.45) is 22.4 Å². The number of fused-ring (bicyclic) bond motifs is 2. The van der Waals surface area contributed by atoms with E-state index in [9.17, 15) is 64.6 Å². The van der Waals surface area contributed by atoms with Gasteiger partial charge in [0.15, 0.2) is 17.5 Å². The van der Waals surface area contributed by atoms with Crippen LogP contribution in [-0.2, 0) is 72.7 Å². The molecule has 3 aliphatic rings. The number of aliphatic imine (C=N–C) groups is 1. The second-order valence-corrected chi connectivity index (χ2v) is 32.3. The van der Waals surface area contributed by atoms with Crippen LogP contribution in [0.1, 0.15) is 211 Å². The zero-order chi connectivity index (χ0) is 79.5. The molecule has 7 rings (SSSR count). The number of allylic oxidation sites excluding steroid dienone is 7. The molecule has 25 nitrogen and oxygen atoms in total. The van der Waals surface area contributed by atoms with Gasteiger partial charge >= 0.3 is 18.0 Å². The first kappa shape index (κ1) is 86.9. The highest BCUT2D eigenvalue weighted by molar-refractivity contribution is 7.86. The number of nitrogens with one attached hydrogen (secondary N) is 4. The quantitative estimate of drug-likeness (QED) is 0.00646. The minimum Gasteiger partial charge on any atom is -0.481 e. The molecule has 0 fully saturated rings. The van der Waals surface area contributed by atoms with Crippen LogP contribution in [0.5, 0.6) is 5.75 Å². The first-order chi connectivity index (χ1) is 51.8. The molecule has 0 unspecified atom stereocenters. The van der Waals surface area contributed by atoms with Gasteiger partial charge in [0.05, 0.1) is 21.2 Å². The molecule has 2 heterocycles. The Kier molecular flexibility index (Phi) is 33.1. The van der Waals surface area contributed by atoms with Crippen LogP contribution in [0.4, 0.5) is 16.2 Å². The van der Waals surface area contributed by atoms with Gasteiger partial charge in [-0.3, -0.25) is 38.1 Å². The smallest absolute Gasteiger partial charge is 0.326 e. The van der Waals surface area contributed by atoms with Gasteiger partial charge in [-0.1, -0.05) is 115 Å². The lowest BCUT2D eigenvalue weighted by atomic mass is 9.81. The molecule has 0 radical (unpaired) electrons. The molecule has 2 aliphatic heterocycles. The third-order valence-corrected chi connectivity index (χ3v) is 22.1. The number of ether oxygens (including phenoxy) is 1. The van der Waals surface area contributed by atoms with Gasteiger partial charge in [-0.05, 0) is 180 Å². The molecule has 0 bridgehead atoms. The van der Waals surface area contributed by atoms with E-state index in [1.54, 1.807) is 24.3 Å². The van der Waals surface area contributed by atoms with Crippen LogP contribution < -0.4 is 42.4 Å². The number of amides is 4. The van der Waals surface area contributed by atoms with Crippen molar-refractivity contribution < 1.29 is 79.0 Å². The third kappa shape index (κ3) is 26.2. The van der Waals surface area contributed by atoms with Crippen LogP contribution in [0.3, 0.4) is 0 Å². The van der Waals surface area contributed by atoms with Crippen molar-refractivity contribution in [3.05, 3.63) is 160 Å². The zero-order valence-corrected chi connectivity index (χ0v) is 65.5. The number of carboxylic acids is 2. The largest absolute Gasteiger partial charge is 0.481 e. The van der Waals surface area contributed by atoms with Gasteiger partial charge in [0.1, 0.15) is 29.9 Å². The fourth-order valence-electron chi connectivity index (χ4n) is 14.3. The van der Waals surface area contributed by atoms with E-state index in [-0.39, 0.29) is 97.3 Å². The highest BCUT2D eigenvalue weighted by atomic mass is 32.2. The SMILES string of the molecule is CCCCC[N+]1=C(/C=C/C2=C(Oc3ccc(CCNC(=O)[C@H](CCCN=C(N)N)CC(=O)[C@H](Cc4ccccc4)NC(=O)CCCCCCCCC(=O)CCCNC(=O)N[C@H](CCC(=O)O)C(=O)O)cc3)C(=C/C=C3/N(CCCC)c4ccc(S(=O)(=O)O)cc4C3(C)C)/CCC2)C(C)(C)c2cc(S(=O)(=O)O)ccc21. The average molecular weight is 1540 g/mol. The van der Waals surface area contributed by atoms with Crippen LogP contribution >= 0.6 is 0 Å². The average Bonchev–Trinajstić information content (AvgIpc) is 1.59. The maximum Gasteiger partial charge on any atom is 0.326 e. The number of anilines is 1. The summed E-state index contributed by atoms with van der Waals surface area (Å²) in [6.07, 6.45) is 21.4. The number of carbonyl (C=O) groups is 7. The maximum atomic E-state index is 14.5. The summed E-state index contributed by atoms with van der Waals surface area (Å²) in [5.41, 5.74) is 18.8. The summed E-state index contributed by atoms with van der Waals surface area (Å²) >= 11 is 0. The van der Waals surface area contributed by atoms with E-state index in [1.807, 2.05) is 68.4 Å². The van der Waals surface area contributed by atoms with E-state index < -0.39 is 73.5 Å². The Morgan fingerprint density at radius 1 is 0.661 bits per heavy atom. The molecule has 0 spiro atoms. The number of rotatable bonds is 46. The Morgan fingerprint density at radius 2 is 1.32 bits per heavy atom. The summed E-state index contributed by atoms with van der Waals surface area (Å²) in [4.78, 5) is 95.1. The number of guanidine groups is 1. The van der Waals surface area contributed by atoms with Crippen molar-refractivity contribution in [2.75, 3.05) is 37.6 Å². The topological polar surface area (TPSA) is 397 Å². The lowest BCUT2D eigenvalue weighted by Gasteiger charge is -2.27. The van der Waals surface area contributed by atoms with Crippen molar-refractivity contribution in [1.29, 1.82) is 0 Å². The lowest BCUT2D eigenvalue weighted by molar-refractivity contribution is -0.438. The van der Waals surface area contributed by atoms with Gasteiger partial charge in [0, 0.05) is 105 Å². The summed E-state index contributed by atoms with van der Waals surface area (Å²) in [6.45, 7) is 14.4. The molecule has 0 aromatic heterocycles. The molecular weight excluding hydrogens is 1430 g/mol. The Hall–Kier alpha value is -9.31. The second-order valence-electron chi connectivity index (χ2n) is 29.5. The van der Waals surface area contributed by atoms with Crippen molar-refractivity contribution in [3.8, 4) is 5.75 Å². The number of nitrogens with two attached hydrogens (primary N) is 2. The van der Waals surface area contributed by atoms with E-state index in [0.717, 1.165) is 120 Å². The van der Waals surface area contributed by atoms with Gasteiger partial charge in [0.2, 0.25) is 17.5 Å². The standard InChI is InChI=1S/C82H111N9O16S2/c1-7-9-20-51-91-70-42-39-64(109(104,105)106)55-66(70)82(5,6)73(91)44-35-59-27-21-26-58(34-43-72-81(3,4)65-54-63(108(101,102)103)38-41-69(65)90(72)50-10-8-2)76(59)107-62-36-32-56(33-37-62)46-49-85-77(97)60(28-22-47-86-79(83)84)53-71(93)68(52-57-24-16-15-17-25-57)88-74(94)31-19-14-12-11-13-18-29-61(92)30-23-48-87-80(100)89-67(78(98)99)40-45-75(95)96/h15-17,24-25,32-39,41-44,54-55,60,67-68H,7-14,18-23,26-31,40,45-53H2,1-6H3,(H11-,83,84,85,86,87,88,89,94,95,96,97,98,99,100,101,102,103,104,105,106)/p+1/t60-,67-,68+/m1/s1. The summed E-state index contributed by atoms with van der Waals surface area (Å²) < 4.78 is 79.4. The van der Waals surface area contributed by atoms with Gasteiger partial charge in [-0.25, -0.2) is 9.59 Å². The number of Topliss-reactive ketones (excluding diaryl/α,β-unsaturated/α-hetero) is 2. The van der Waals surface area contributed by atoms with E-state index in [0.29, 0.717) is 76.0 Å². The van der Waals surface area contributed by atoms with Gasteiger partial charge in [-0.2, -0.15) is 21.4 Å². The highest BCUT2D eigenvalue weighted by Gasteiger charge is 2.45. The zero-order valence-electron chi connectivity index (χ0n) is 63.9. The Morgan fingerprint density at radius 3 is 1.98 bits per heavy atom. The van der Waals surface area contributed by atoms with Gasteiger partial charge in [0.25, 0.3) is 20.2 Å². The lowest BCUT2D eigenvalue weighted by Crippen LogP contribution is -2.46. The first-order valence-corrected chi connectivity index (χ1v) is 41.2. The number of unbranched alkanes of at least 4 members (excludes halogenated alkanes) is 8. The van der Waals surface area contributed by atoms with Crippen molar-refractivity contribution in [3.63, 3.8) is 0 Å². The minimum absolute atomic E-state index is 0.0348. The Balaban J connectivity index is 1.02. The van der Waals surface area contributed by atoms with Crippen LogP contribution in [0.2, 0.25) is 0 Å². The normalized spacial score (nSPS) is 16.2. The number of nitrogens with zero attached hydrogens (tertiary/aromatic N) is 3. The van der Waals surface area contributed by atoms with Gasteiger partial charge < -0.3 is 52.6 Å². The first-order valence-electron chi connectivity index (χ1n) is 38.3. The number of carbonyl (C=O) groups excluding carboxylic acids is 5. The van der Waals surface area contributed by atoms with E-state index in [1.165, 1.54) is 12.1 Å². The number of carboxylic acid groups (broad SMARTS) is 2. The molecule has 3 atom stereocenters. The molecule has 12 N–H and O–H groups in total. The molecule has 1 aliphatic carbocycles. The van der Waals surface area contributed by atoms with Crippen LogP contribution in [0.15, 0.2) is 153 Å². The highest BCUT2D eigenvalue weighted by Crippen LogP contribution is 2.49. The number of hydrogen-bond donors (Lipinski definition) is 10. The number of benzene rings is 4. The van der Waals surface area contributed by atoms with Crippen LogP contribution in [0.25, 0.3) is 0 Å². The van der Waals surface area contributed by atoms with Crippen LogP contribution in [-0.4, -0.2) is 139 Å². The number of urea groups is 1. The molecule has 4 aromatic carbocycles. The number of aliphatic carboxylic acids is 2. The summed E-state index contributed by atoms with van der Waals surface area (Å²) in [7, 11) is -8.97. The van der Waals surface area contributed by atoms with Crippen molar-refractivity contribution in [1.82, 2.24) is 21.3 Å². The van der Waals surface area contributed by atoms with E-state index in [2.05, 4.69) is 87.7 Å². The monoisotopic (exact) mass is 1540 g/mol. The fraction of sp³-hybridized carbons (Fsp3) is 0.500. The Labute approximate surface area is 642 Å². The Bertz CT molecular complexity index is 4290. The number of hydrogen-bond acceptors (Lipinski definition) is 14. The van der Waals surface area contributed by atoms with E-state index in [4.69, 9.17) is 21.3 Å². The minimum atomic E-state index is -4.49. The summed E-state index contributed by atoms with van der Waals surface area (Å²) in [5.74, 6) is -3.05. The summed E-state index contributed by atoms with van der Waals surface area (Å²) in [5, 5.41) is 28.9. The molecule has 592 valence electrons. The van der Waals surface area contributed by atoms with E-state index >= 15 is 0 Å². The molecule has 0 saturated heterocycles. The summed E-state index contributed by atoms with van der Waals surface area (Å²) in [6, 6.07) is 23.5. The molecule has 109 heavy (non-hydrogen) atoms. The second kappa shape index (κ2) is 41.5. The van der Waals surface area contributed by atoms with Crippen LogP contribution in [0, 0.1) is 5.92 Å². The predicted molar refractivity (Wildman–Crippen MR) is 421 cm³/mol. The van der Waals surface area contributed by atoms with Crippen molar-refractivity contribution in [2.45, 2.75) is 235 Å². The molecule has 4 aromatic rings. The maximum absolute atomic E-state index is 14.5. The molecule has 27 heteroatoms. The fourth-order valence-corrected chi connectivity index (χ4v) is 15.3. The predicted octanol–water partition coefficient (Wildman–Crippen LogP) is 12.3. The third-order valence-electron chi connectivity index (χ3n) is 20.4. The molecule has 0 saturated carbocycles. The molecule has 4 amide bonds. The van der Waals surface area contributed by atoms with Crippen molar-refractivity contribution >= 4 is 84.6 Å². The molecular formula is C82H112N9O16S2+. The van der Waals surface area contributed by atoms with Gasteiger partial charge in [-0.15, -0.1) is 0 Å². The number of ketones is 2.